The SMILES string of the molecule is CNC(=O)[C@@H](CS)NC[C@@H](CS)NC[C@@H](CS)NC. The third kappa shape index (κ3) is 8.31. The number of nitrogens with one attached hydrogen (secondary N) is 4. The van der Waals surface area contributed by atoms with E-state index in [-0.39, 0.29) is 18.0 Å². The molecule has 5 nitrogen and oxygen atoms in total. The molecule has 0 heterocycles. The van der Waals surface area contributed by atoms with Crippen LogP contribution in [0, 0.1) is 0 Å². The molecule has 0 aliphatic carbocycles. The maximum Gasteiger partial charge on any atom is 0.237 e. The summed E-state index contributed by atoms with van der Waals surface area (Å²) < 4.78 is 0. The average Bonchev–Trinajstić information content (AvgIpc) is 2.45. The first kappa shape index (κ1) is 19.4. The number of thiol groups is 3. The molecule has 0 aliphatic heterocycles. The van der Waals surface area contributed by atoms with Crippen molar-refractivity contribution in [2.24, 2.45) is 0 Å². The zero-order valence-corrected chi connectivity index (χ0v) is 14.2. The zero-order valence-electron chi connectivity index (χ0n) is 11.5. The summed E-state index contributed by atoms with van der Waals surface area (Å²) in [6.07, 6.45) is 0. The number of amides is 1. The summed E-state index contributed by atoms with van der Waals surface area (Å²) in [5.41, 5.74) is 0. The Morgan fingerprint density at radius 1 is 0.947 bits per heavy atom. The first-order valence-corrected chi connectivity index (χ1v) is 8.20. The number of rotatable bonds is 11. The molecule has 0 saturated carbocycles. The fraction of sp³-hybridized carbons (Fsp3) is 0.909. The molecule has 0 saturated heterocycles. The van der Waals surface area contributed by atoms with Crippen LogP contribution < -0.4 is 21.3 Å². The van der Waals surface area contributed by atoms with Gasteiger partial charge in [0.05, 0.1) is 6.04 Å². The molecule has 1 amide bonds. The lowest BCUT2D eigenvalue weighted by molar-refractivity contribution is -0.122. The van der Waals surface area contributed by atoms with E-state index in [1.807, 2.05) is 7.05 Å². The van der Waals surface area contributed by atoms with Crippen LogP contribution in [0.2, 0.25) is 0 Å². The van der Waals surface area contributed by atoms with Crippen molar-refractivity contribution in [2.45, 2.75) is 18.1 Å². The highest BCUT2D eigenvalue weighted by Gasteiger charge is 2.17. The normalized spacial score (nSPS) is 15.8. The van der Waals surface area contributed by atoms with Crippen LogP contribution in [-0.4, -0.2) is 68.5 Å². The van der Waals surface area contributed by atoms with Gasteiger partial charge in [-0.05, 0) is 7.05 Å². The molecule has 19 heavy (non-hydrogen) atoms. The molecule has 0 bridgehead atoms. The molecule has 0 fully saturated rings. The van der Waals surface area contributed by atoms with Crippen LogP contribution in [0.15, 0.2) is 0 Å². The van der Waals surface area contributed by atoms with Crippen molar-refractivity contribution in [3.05, 3.63) is 0 Å². The number of hydrogen-bond donors (Lipinski definition) is 7. The molecular weight excluding hydrogens is 300 g/mol. The quantitative estimate of drug-likeness (QED) is 0.250. The van der Waals surface area contributed by atoms with Gasteiger partial charge in [0.1, 0.15) is 0 Å². The first-order chi connectivity index (χ1) is 9.12. The number of carbonyl (C=O) groups excluding carboxylic acids is 1. The lowest BCUT2D eigenvalue weighted by Gasteiger charge is -2.23. The van der Waals surface area contributed by atoms with Gasteiger partial charge >= 0.3 is 0 Å². The summed E-state index contributed by atoms with van der Waals surface area (Å²) in [6, 6.07) is 0.249. The van der Waals surface area contributed by atoms with Crippen molar-refractivity contribution in [1.82, 2.24) is 21.3 Å². The summed E-state index contributed by atoms with van der Waals surface area (Å²) in [6.45, 7) is 1.49. The van der Waals surface area contributed by atoms with Gasteiger partial charge in [0, 0.05) is 49.5 Å². The van der Waals surface area contributed by atoms with Crippen molar-refractivity contribution in [1.29, 1.82) is 0 Å². The second-order valence-electron chi connectivity index (χ2n) is 4.21. The van der Waals surface area contributed by atoms with Crippen molar-refractivity contribution in [2.75, 3.05) is 44.4 Å². The van der Waals surface area contributed by atoms with Crippen molar-refractivity contribution in [3.63, 3.8) is 0 Å². The summed E-state index contributed by atoms with van der Waals surface area (Å²) in [7, 11) is 3.54. The molecular formula is C11H26N4OS3. The molecule has 0 radical (unpaired) electrons. The number of carbonyl (C=O) groups is 1. The summed E-state index contributed by atoms with van der Waals surface area (Å²) in [5, 5.41) is 12.4. The molecule has 3 atom stereocenters. The van der Waals surface area contributed by atoms with E-state index in [9.17, 15) is 4.79 Å². The Hall–Kier alpha value is 0.400. The molecule has 0 rings (SSSR count). The van der Waals surface area contributed by atoms with Crippen molar-refractivity contribution < 1.29 is 4.79 Å². The summed E-state index contributed by atoms with van der Waals surface area (Å²) in [5.74, 6) is 1.89. The Bertz CT molecular complexity index is 242. The van der Waals surface area contributed by atoms with E-state index < -0.39 is 0 Å². The van der Waals surface area contributed by atoms with Crippen LogP contribution in [0.5, 0.6) is 0 Å². The van der Waals surface area contributed by atoms with E-state index in [1.54, 1.807) is 7.05 Å². The maximum absolute atomic E-state index is 11.5. The number of hydrogen-bond acceptors (Lipinski definition) is 7. The molecule has 0 unspecified atom stereocenters. The van der Waals surface area contributed by atoms with Crippen LogP contribution >= 0.6 is 37.9 Å². The number of likely N-dealkylation sites (N-methyl/N-ethyl adjacent to an activating group) is 2. The minimum absolute atomic E-state index is 0.0450. The Morgan fingerprint density at radius 2 is 1.53 bits per heavy atom. The highest BCUT2D eigenvalue weighted by atomic mass is 32.1. The fourth-order valence-corrected chi connectivity index (χ4v) is 2.33. The second-order valence-corrected chi connectivity index (χ2v) is 5.31. The largest absolute Gasteiger partial charge is 0.358 e. The van der Waals surface area contributed by atoms with Gasteiger partial charge < -0.3 is 21.3 Å². The van der Waals surface area contributed by atoms with E-state index in [0.29, 0.717) is 24.1 Å². The van der Waals surface area contributed by atoms with E-state index >= 15 is 0 Å². The zero-order chi connectivity index (χ0) is 14.7. The molecule has 0 aromatic carbocycles. The predicted octanol–water partition coefficient (Wildman–Crippen LogP) is -0.974. The minimum atomic E-state index is -0.275. The smallest absolute Gasteiger partial charge is 0.237 e. The summed E-state index contributed by atoms with van der Waals surface area (Å²) >= 11 is 12.8. The third-order valence-corrected chi connectivity index (χ3v) is 4.10. The van der Waals surface area contributed by atoms with Gasteiger partial charge in [-0.3, -0.25) is 4.79 Å². The lowest BCUT2D eigenvalue weighted by atomic mass is 10.2. The minimum Gasteiger partial charge on any atom is -0.358 e. The molecule has 0 spiro atoms. The maximum atomic E-state index is 11.5. The van der Waals surface area contributed by atoms with Gasteiger partial charge in [0.25, 0.3) is 0 Å². The highest BCUT2D eigenvalue weighted by Crippen LogP contribution is 1.93. The Kier molecular flexibility index (Phi) is 12.4. The summed E-state index contributed by atoms with van der Waals surface area (Å²) in [4.78, 5) is 11.5. The van der Waals surface area contributed by atoms with Gasteiger partial charge in [0.2, 0.25) is 5.91 Å². The fourth-order valence-electron chi connectivity index (χ4n) is 1.47. The van der Waals surface area contributed by atoms with Gasteiger partial charge in [-0.1, -0.05) is 0 Å². The molecule has 0 aliphatic rings. The van der Waals surface area contributed by atoms with Gasteiger partial charge in [-0.2, -0.15) is 37.9 Å². The van der Waals surface area contributed by atoms with Gasteiger partial charge in [-0.15, -0.1) is 0 Å². The van der Waals surface area contributed by atoms with Gasteiger partial charge in [0.15, 0.2) is 0 Å². The second kappa shape index (κ2) is 12.2. The first-order valence-electron chi connectivity index (χ1n) is 6.31. The van der Waals surface area contributed by atoms with Crippen molar-refractivity contribution >= 4 is 43.8 Å². The van der Waals surface area contributed by atoms with E-state index in [2.05, 4.69) is 59.2 Å². The predicted molar refractivity (Wildman–Crippen MR) is 92.1 cm³/mol. The van der Waals surface area contributed by atoms with Crippen LogP contribution in [0.1, 0.15) is 0 Å². The third-order valence-electron chi connectivity index (χ3n) is 2.86. The Balaban J connectivity index is 4.07. The van der Waals surface area contributed by atoms with E-state index in [1.165, 1.54) is 0 Å². The lowest BCUT2D eigenvalue weighted by Crippen LogP contribution is -2.51. The van der Waals surface area contributed by atoms with Crippen LogP contribution in [-0.2, 0) is 4.79 Å². The van der Waals surface area contributed by atoms with Crippen LogP contribution in [0.4, 0.5) is 0 Å². The molecule has 114 valence electrons. The molecule has 0 aromatic heterocycles. The van der Waals surface area contributed by atoms with E-state index in [4.69, 9.17) is 0 Å². The Labute approximate surface area is 132 Å². The standard InChI is InChI=1S/C11H26N4OS3/c1-12-8(5-17)3-14-9(6-18)4-15-10(7-19)11(16)13-2/h8-10,12,14-15,17-19H,3-7H2,1-2H3,(H,13,16)/t8-,9-,10+/m0/s1. The van der Waals surface area contributed by atoms with Crippen LogP contribution in [0.25, 0.3) is 0 Å². The van der Waals surface area contributed by atoms with E-state index in [0.717, 1.165) is 12.3 Å². The molecule has 4 N–H and O–H groups in total. The monoisotopic (exact) mass is 326 g/mol. The Morgan fingerprint density at radius 3 is 1.95 bits per heavy atom. The average molecular weight is 327 g/mol. The van der Waals surface area contributed by atoms with Crippen LogP contribution in [0.3, 0.4) is 0 Å². The molecule has 8 heteroatoms. The topological polar surface area (TPSA) is 65.2 Å². The molecule has 0 aromatic rings. The van der Waals surface area contributed by atoms with Gasteiger partial charge in [-0.25, -0.2) is 0 Å². The highest BCUT2D eigenvalue weighted by molar-refractivity contribution is 7.80. The van der Waals surface area contributed by atoms with Crippen molar-refractivity contribution in [3.8, 4) is 0 Å².